The van der Waals surface area contributed by atoms with Gasteiger partial charge in [-0.15, -0.1) is 22.7 Å². The van der Waals surface area contributed by atoms with E-state index in [-0.39, 0.29) is 23.5 Å². The monoisotopic (exact) mass is 526 g/mol. The number of carbonyl (C=O) groups is 2. The summed E-state index contributed by atoms with van der Waals surface area (Å²) in [5, 5.41) is 5.01. The van der Waals surface area contributed by atoms with E-state index >= 15 is 0 Å². The Labute approximate surface area is 219 Å². The maximum Gasteiger partial charge on any atom is 0.273 e. The van der Waals surface area contributed by atoms with Crippen LogP contribution in [0.15, 0.2) is 47.2 Å². The first-order valence-electron chi connectivity index (χ1n) is 12.6. The second-order valence-electron chi connectivity index (χ2n) is 9.49. The molecule has 1 aromatic carbocycles. The van der Waals surface area contributed by atoms with Crippen molar-refractivity contribution in [1.82, 2.24) is 19.7 Å². The van der Waals surface area contributed by atoms with E-state index in [4.69, 9.17) is 4.98 Å². The number of rotatable bonds is 7. The minimum Gasteiger partial charge on any atom is -0.342 e. The Bertz CT molecular complexity index is 1150. The van der Waals surface area contributed by atoms with Gasteiger partial charge >= 0.3 is 0 Å². The van der Waals surface area contributed by atoms with Crippen molar-refractivity contribution in [3.8, 4) is 0 Å². The number of hydrogen-bond donors (Lipinski definition) is 0. The zero-order valence-corrected chi connectivity index (χ0v) is 21.9. The predicted octanol–water partition coefficient (Wildman–Crippen LogP) is 4.29. The number of thiazole rings is 1. The van der Waals surface area contributed by atoms with Crippen LogP contribution in [-0.4, -0.2) is 77.3 Å². The average molecular weight is 527 g/mol. The quantitative estimate of drug-likeness (QED) is 0.461. The first-order chi connectivity index (χ1) is 17.5. The minimum atomic E-state index is -0.291. The highest BCUT2D eigenvalue weighted by Crippen LogP contribution is 2.31. The van der Waals surface area contributed by atoms with Crippen molar-refractivity contribution < 1.29 is 14.0 Å². The van der Waals surface area contributed by atoms with Gasteiger partial charge in [-0.2, -0.15) is 0 Å². The molecule has 2 aromatic heterocycles. The van der Waals surface area contributed by atoms with E-state index in [1.165, 1.54) is 17.0 Å². The molecule has 0 unspecified atom stereocenters. The molecule has 5 rings (SSSR count). The Morgan fingerprint density at radius 1 is 0.944 bits per heavy atom. The third-order valence-corrected chi connectivity index (χ3v) is 9.06. The van der Waals surface area contributed by atoms with Crippen molar-refractivity contribution in [1.29, 1.82) is 0 Å². The lowest BCUT2D eigenvalue weighted by atomic mass is 9.97. The molecule has 0 spiro atoms. The number of hydrogen-bond acceptors (Lipinski definition) is 6. The van der Waals surface area contributed by atoms with Crippen LogP contribution in [-0.2, 0) is 17.6 Å². The summed E-state index contributed by atoms with van der Waals surface area (Å²) in [5.41, 5.74) is 1.38. The van der Waals surface area contributed by atoms with Gasteiger partial charge in [0.25, 0.3) is 5.91 Å². The number of benzene rings is 1. The van der Waals surface area contributed by atoms with Crippen molar-refractivity contribution in [2.45, 2.75) is 31.6 Å². The van der Waals surface area contributed by atoms with Gasteiger partial charge in [-0.25, -0.2) is 9.37 Å². The van der Waals surface area contributed by atoms with E-state index in [0.717, 1.165) is 62.6 Å². The Morgan fingerprint density at radius 2 is 1.69 bits per heavy atom. The lowest BCUT2D eigenvalue weighted by Crippen LogP contribution is -2.49. The Kier molecular flexibility index (Phi) is 8.09. The molecule has 2 saturated heterocycles. The molecular formula is C27H31FN4O2S2. The van der Waals surface area contributed by atoms with Crippen molar-refractivity contribution >= 4 is 34.5 Å². The summed E-state index contributed by atoms with van der Waals surface area (Å²) in [5.74, 6) is 0.0906. The number of piperazine rings is 1. The first kappa shape index (κ1) is 25.0. The van der Waals surface area contributed by atoms with Crippen LogP contribution in [0.2, 0.25) is 0 Å². The highest BCUT2D eigenvalue weighted by atomic mass is 32.1. The number of amides is 2. The number of carbonyl (C=O) groups excluding carboxylic acids is 2. The van der Waals surface area contributed by atoms with Crippen molar-refractivity contribution in [3.05, 3.63) is 74.1 Å². The molecule has 4 heterocycles. The molecule has 0 saturated carbocycles. The van der Waals surface area contributed by atoms with Gasteiger partial charge in [0, 0.05) is 62.0 Å². The molecule has 2 amide bonds. The van der Waals surface area contributed by atoms with E-state index in [0.29, 0.717) is 25.2 Å². The van der Waals surface area contributed by atoms with Crippen LogP contribution < -0.4 is 0 Å². The Balaban J connectivity index is 1.07. The molecule has 2 aliphatic heterocycles. The van der Waals surface area contributed by atoms with E-state index < -0.39 is 0 Å². The van der Waals surface area contributed by atoms with E-state index in [1.807, 2.05) is 15.2 Å². The van der Waals surface area contributed by atoms with Gasteiger partial charge in [-0.1, -0.05) is 18.2 Å². The lowest BCUT2D eigenvalue weighted by molar-refractivity contribution is -0.131. The van der Waals surface area contributed by atoms with Crippen LogP contribution in [0.25, 0.3) is 0 Å². The van der Waals surface area contributed by atoms with Gasteiger partial charge in [0.05, 0.1) is 11.4 Å². The smallest absolute Gasteiger partial charge is 0.273 e. The maximum absolute atomic E-state index is 13.1. The van der Waals surface area contributed by atoms with Gasteiger partial charge in [-0.3, -0.25) is 14.5 Å². The summed E-state index contributed by atoms with van der Waals surface area (Å²) in [6.07, 6.45) is 3.05. The number of piperidine rings is 1. The van der Waals surface area contributed by atoms with Gasteiger partial charge in [-0.05, 0) is 48.4 Å². The normalized spacial score (nSPS) is 17.5. The highest BCUT2D eigenvalue weighted by molar-refractivity contribution is 7.10. The third-order valence-electron chi connectivity index (χ3n) is 7.12. The van der Waals surface area contributed by atoms with E-state index in [1.54, 1.807) is 34.8 Å². The molecule has 0 N–H and O–H groups in total. The molecule has 190 valence electrons. The largest absolute Gasteiger partial charge is 0.342 e. The number of aromatic nitrogens is 1. The Morgan fingerprint density at radius 3 is 2.39 bits per heavy atom. The topological polar surface area (TPSA) is 56.8 Å². The molecule has 6 nitrogen and oxygen atoms in total. The fraction of sp³-hybridized carbons (Fsp3) is 0.444. The van der Waals surface area contributed by atoms with Crippen LogP contribution >= 0.6 is 22.7 Å². The van der Waals surface area contributed by atoms with Crippen LogP contribution in [0, 0.1) is 5.82 Å². The second kappa shape index (κ2) is 11.6. The number of thiophene rings is 1. The lowest BCUT2D eigenvalue weighted by Gasteiger charge is -2.34. The fourth-order valence-corrected chi connectivity index (χ4v) is 6.56. The average Bonchev–Trinajstić information content (AvgIpc) is 3.62. The number of nitrogens with zero attached hydrogens (tertiary/aromatic N) is 4. The molecule has 9 heteroatoms. The van der Waals surface area contributed by atoms with E-state index in [9.17, 15) is 14.0 Å². The third kappa shape index (κ3) is 6.19. The zero-order valence-electron chi connectivity index (χ0n) is 20.3. The number of likely N-dealkylation sites (tertiary alicyclic amines) is 1. The molecule has 0 bridgehead atoms. The highest BCUT2D eigenvalue weighted by Gasteiger charge is 2.28. The fourth-order valence-electron chi connectivity index (χ4n) is 4.90. The maximum atomic E-state index is 13.1. The summed E-state index contributed by atoms with van der Waals surface area (Å²) in [7, 11) is 0. The summed E-state index contributed by atoms with van der Waals surface area (Å²) >= 11 is 3.36. The van der Waals surface area contributed by atoms with Gasteiger partial charge in [0.2, 0.25) is 5.91 Å². The zero-order chi connectivity index (χ0) is 24.9. The second-order valence-corrected chi connectivity index (χ2v) is 11.4. The van der Waals surface area contributed by atoms with Crippen molar-refractivity contribution in [2.24, 2.45) is 0 Å². The molecule has 0 atom stereocenters. The van der Waals surface area contributed by atoms with Crippen LogP contribution in [0.1, 0.15) is 44.7 Å². The Hall–Kier alpha value is -2.62. The molecule has 2 aliphatic rings. The molecule has 3 aromatic rings. The molecule has 36 heavy (non-hydrogen) atoms. The molecule has 0 aliphatic carbocycles. The van der Waals surface area contributed by atoms with Crippen molar-refractivity contribution in [2.75, 3.05) is 45.8 Å². The standard InChI is InChI=1S/C27H31FN4O2S2/c28-22-5-3-20(4-6-22)18-25(33)31-11-7-21(8-12-31)26-29-24(19-36-26)27(34)32-15-13-30(14-16-32)10-9-23-2-1-17-35-23/h1-6,17,19,21H,7-16,18H2. The summed E-state index contributed by atoms with van der Waals surface area (Å²) in [4.78, 5) is 38.1. The molecular weight excluding hydrogens is 495 g/mol. The van der Waals surface area contributed by atoms with Crippen LogP contribution in [0.4, 0.5) is 4.39 Å². The summed E-state index contributed by atoms with van der Waals surface area (Å²) < 4.78 is 13.1. The summed E-state index contributed by atoms with van der Waals surface area (Å²) in [6.45, 7) is 5.68. The van der Waals surface area contributed by atoms with Gasteiger partial charge < -0.3 is 9.80 Å². The van der Waals surface area contributed by atoms with Gasteiger partial charge in [0.15, 0.2) is 0 Å². The first-order valence-corrected chi connectivity index (χ1v) is 14.3. The molecule has 2 fully saturated rings. The van der Waals surface area contributed by atoms with Crippen molar-refractivity contribution in [3.63, 3.8) is 0 Å². The van der Waals surface area contributed by atoms with E-state index in [2.05, 4.69) is 22.4 Å². The SMILES string of the molecule is O=C(Cc1ccc(F)cc1)N1CCC(c2nc(C(=O)N3CCN(CCc4cccs4)CC3)cs2)CC1. The molecule has 0 radical (unpaired) electrons. The van der Waals surface area contributed by atoms with Crippen LogP contribution in [0.3, 0.4) is 0 Å². The van der Waals surface area contributed by atoms with Crippen LogP contribution in [0.5, 0.6) is 0 Å². The minimum absolute atomic E-state index is 0.0299. The predicted molar refractivity (Wildman–Crippen MR) is 141 cm³/mol. The summed E-state index contributed by atoms with van der Waals surface area (Å²) in [6, 6.07) is 10.4. The van der Waals surface area contributed by atoms with Gasteiger partial charge in [0.1, 0.15) is 11.5 Å². The number of halogens is 1.